The largest absolute Gasteiger partial charge is 0.373 e. The van der Waals surface area contributed by atoms with Gasteiger partial charge in [0.15, 0.2) is 0 Å². The Kier molecular flexibility index (Phi) is 4.68. The van der Waals surface area contributed by atoms with E-state index in [1.54, 1.807) is 20.2 Å². The first-order chi connectivity index (χ1) is 13.0. The van der Waals surface area contributed by atoms with Crippen LogP contribution in [0.15, 0.2) is 18.3 Å². The van der Waals surface area contributed by atoms with Gasteiger partial charge in [0.25, 0.3) is 5.91 Å². The van der Waals surface area contributed by atoms with Gasteiger partial charge in [-0.15, -0.1) is 0 Å². The van der Waals surface area contributed by atoms with Crippen molar-refractivity contribution in [1.82, 2.24) is 14.8 Å². The van der Waals surface area contributed by atoms with Gasteiger partial charge in [-0.05, 0) is 30.5 Å². The van der Waals surface area contributed by atoms with Crippen molar-refractivity contribution in [3.05, 3.63) is 29.6 Å². The summed E-state index contributed by atoms with van der Waals surface area (Å²) in [5, 5.41) is 0. The lowest BCUT2D eigenvalue weighted by Gasteiger charge is -2.58. The molecule has 2 N–H and O–H groups in total. The van der Waals surface area contributed by atoms with Crippen molar-refractivity contribution < 1.29 is 14.3 Å². The number of hydrogen-bond acceptors (Lipinski definition) is 5. The lowest BCUT2D eigenvalue weighted by Crippen LogP contribution is -2.67. The van der Waals surface area contributed by atoms with E-state index in [1.807, 2.05) is 17.0 Å². The molecule has 1 aromatic rings. The number of ether oxygens (including phenoxy) is 1. The fourth-order valence-electron chi connectivity index (χ4n) is 5.44. The molecule has 1 aliphatic carbocycles. The molecule has 3 heterocycles. The van der Waals surface area contributed by atoms with E-state index in [-0.39, 0.29) is 5.91 Å². The summed E-state index contributed by atoms with van der Waals surface area (Å²) < 4.78 is 6.23. The van der Waals surface area contributed by atoms with Crippen LogP contribution in [0.1, 0.15) is 42.2 Å². The Morgan fingerprint density at radius 3 is 2.44 bits per heavy atom. The van der Waals surface area contributed by atoms with Crippen LogP contribution in [-0.2, 0) is 15.1 Å². The van der Waals surface area contributed by atoms with E-state index in [1.165, 1.54) is 6.42 Å². The summed E-state index contributed by atoms with van der Waals surface area (Å²) in [6.07, 6.45) is 5.05. The van der Waals surface area contributed by atoms with Crippen LogP contribution >= 0.6 is 0 Å². The van der Waals surface area contributed by atoms with E-state index in [0.29, 0.717) is 23.6 Å². The summed E-state index contributed by atoms with van der Waals surface area (Å²) in [5.41, 5.74) is 6.37. The zero-order valence-corrected chi connectivity index (χ0v) is 16.1. The lowest BCUT2D eigenvalue weighted by atomic mass is 9.62. The number of fused-ring (bicyclic) bond motifs is 2. The normalized spacial score (nSPS) is 31.4. The van der Waals surface area contributed by atoms with Crippen LogP contribution in [0.2, 0.25) is 0 Å². The minimum absolute atomic E-state index is 0.158. The minimum Gasteiger partial charge on any atom is -0.373 e. The molecule has 27 heavy (non-hydrogen) atoms. The van der Waals surface area contributed by atoms with Crippen molar-refractivity contribution in [1.29, 1.82) is 0 Å². The number of likely N-dealkylation sites (tertiary alicyclic amines) is 2. The fourth-order valence-corrected chi connectivity index (χ4v) is 5.44. The molecule has 1 aromatic heterocycles. The predicted octanol–water partition coefficient (Wildman–Crippen LogP) is 0.985. The average molecular weight is 372 g/mol. The summed E-state index contributed by atoms with van der Waals surface area (Å²) >= 11 is 0. The third kappa shape index (κ3) is 2.93. The second kappa shape index (κ2) is 6.87. The number of hydrogen-bond donors (Lipinski definition) is 1. The fraction of sp³-hybridized carbons (Fsp3) is 0.650. The first-order valence-corrected chi connectivity index (χ1v) is 9.76. The van der Waals surface area contributed by atoms with E-state index in [9.17, 15) is 9.59 Å². The van der Waals surface area contributed by atoms with Crippen molar-refractivity contribution >= 4 is 11.8 Å². The summed E-state index contributed by atoms with van der Waals surface area (Å²) in [6.45, 7) is 5.20. The molecule has 1 saturated carbocycles. The van der Waals surface area contributed by atoms with Crippen molar-refractivity contribution in [2.45, 2.75) is 37.8 Å². The number of carbonyl (C=O) groups is 2. The van der Waals surface area contributed by atoms with Crippen LogP contribution in [-0.4, -0.2) is 65.9 Å². The average Bonchev–Trinajstić information content (AvgIpc) is 2.59. The number of amides is 2. The monoisotopic (exact) mass is 372 g/mol. The molecule has 2 amide bonds. The van der Waals surface area contributed by atoms with Gasteiger partial charge in [-0.3, -0.25) is 19.5 Å². The molecular formula is C20H28N4O3. The standard InChI is InChI=1S/C20H28N4O3/c1-13(25)23-11-17(12-23)24-9-15-4-3-5-16(10-24)20(15,27-2)14-6-7-22-18(8-14)19(21)26/h6-8,15-17H,3-5,9-12H2,1-2H3,(H2,21,26)/t15-,16+,20?. The lowest BCUT2D eigenvalue weighted by molar-refractivity contribution is -0.182. The highest BCUT2D eigenvalue weighted by Crippen LogP contribution is 2.52. The minimum atomic E-state index is -0.510. The molecule has 3 aliphatic rings. The van der Waals surface area contributed by atoms with Crippen molar-refractivity contribution in [2.75, 3.05) is 33.3 Å². The number of primary amides is 1. The van der Waals surface area contributed by atoms with Gasteiger partial charge in [0.1, 0.15) is 11.3 Å². The van der Waals surface area contributed by atoms with Gasteiger partial charge >= 0.3 is 0 Å². The van der Waals surface area contributed by atoms with Gasteiger partial charge in [-0.2, -0.15) is 0 Å². The van der Waals surface area contributed by atoms with Crippen LogP contribution in [0.3, 0.4) is 0 Å². The Labute approximate surface area is 159 Å². The zero-order chi connectivity index (χ0) is 19.2. The summed E-state index contributed by atoms with van der Waals surface area (Å²) in [4.78, 5) is 31.7. The zero-order valence-electron chi connectivity index (χ0n) is 16.1. The topological polar surface area (TPSA) is 88.8 Å². The number of pyridine rings is 1. The maximum atomic E-state index is 11.6. The molecule has 0 radical (unpaired) electrons. The molecule has 0 aromatic carbocycles. The Morgan fingerprint density at radius 1 is 1.22 bits per heavy atom. The number of nitrogens with two attached hydrogens (primary N) is 1. The Bertz CT molecular complexity index is 732. The van der Waals surface area contributed by atoms with Crippen LogP contribution in [0, 0.1) is 11.8 Å². The number of rotatable bonds is 4. The van der Waals surface area contributed by atoms with E-state index < -0.39 is 11.5 Å². The maximum absolute atomic E-state index is 11.6. The van der Waals surface area contributed by atoms with Crippen molar-refractivity contribution in [3.8, 4) is 0 Å². The smallest absolute Gasteiger partial charge is 0.267 e. The van der Waals surface area contributed by atoms with Crippen LogP contribution < -0.4 is 5.73 Å². The summed E-state index contributed by atoms with van der Waals surface area (Å²) in [6, 6.07) is 4.23. The number of carbonyl (C=O) groups excluding carboxylic acids is 2. The first-order valence-electron chi connectivity index (χ1n) is 9.76. The molecule has 2 aliphatic heterocycles. The van der Waals surface area contributed by atoms with Crippen LogP contribution in [0.5, 0.6) is 0 Å². The number of piperidine rings is 1. The first kappa shape index (κ1) is 18.4. The highest BCUT2D eigenvalue weighted by Gasteiger charge is 2.54. The van der Waals surface area contributed by atoms with Crippen molar-refractivity contribution in [2.24, 2.45) is 17.6 Å². The quantitative estimate of drug-likeness (QED) is 0.851. The maximum Gasteiger partial charge on any atom is 0.267 e. The van der Waals surface area contributed by atoms with Gasteiger partial charge in [0.05, 0.1) is 0 Å². The third-order valence-electron chi connectivity index (χ3n) is 6.85. The van der Waals surface area contributed by atoms with Gasteiger partial charge in [-0.1, -0.05) is 6.42 Å². The van der Waals surface area contributed by atoms with E-state index in [0.717, 1.165) is 44.6 Å². The van der Waals surface area contributed by atoms with Crippen LogP contribution in [0.25, 0.3) is 0 Å². The van der Waals surface area contributed by atoms with E-state index in [4.69, 9.17) is 10.5 Å². The number of nitrogens with zero attached hydrogens (tertiary/aromatic N) is 3. The second-order valence-electron chi connectivity index (χ2n) is 8.15. The molecule has 3 atom stereocenters. The van der Waals surface area contributed by atoms with Gasteiger partial charge < -0.3 is 15.4 Å². The Hall–Kier alpha value is -1.99. The highest BCUT2D eigenvalue weighted by atomic mass is 16.5. The van der Waals surface area contributed by atoms with Gasteiger partial charge in [-0.25, -0.2) is 0 Å². The van der Waals surface area contributed by atoms with Crippen LogP contribution in [0.4, 0.5) is 0 Å². The molecule has 0 spiro atoms. The molecule has 1 unspecified atom stereocenters. The number of methoxy groups -OCH3 is 1. The van der Waals surface area contributed by atoms with Crippen molar-refractivity contribution in [3.63, 3.8) is 0 Å². The molecule has 2 saturated heterocycles. The molecule has 7 heteroatoms. The number of aromatic nitrogens is 1. The van der Waals surface area contributed by atoms with Gasteiger partial charge in [0.2, 0.25) is 5.91 Å². The SMILES string of the molecule is COC1(c2ccnc(C(N)=O)c2)[C@@H]2CCC[C@H]1CN(C1CN(C(C)=O)C1)C2. The van der Waals surface area contributed by atoms with E-state index >= 15 is 0 Å². The molecule has 4 rings (SSSR count). The molecular weight excluding hydrogens is 344 g/mol. The molecule has 2 bridgehead atoms. The summed E-state index contributed by atoms with van der Waals surface area (Å²) in [5.74, 6) is 0.351. The molecule has 3 fully saturated rings. The third-order valence-corrected chi connectivity index (χ3v) is 6.85. The second-order valence-corrected chi connectivity index (χ2v) is 8.15. The Balaban J connectivity index is 1.60. The van der Waals surface area contributed by atoms with E-state index in [2.05, 4.69) is 9.88 Å². The Morgan fingerprint density at radius 2 is 1.89 bits per heavy atom. The molecule has 146 valence electrons. The molecule has 7 nitrogen and oxygen atoms in total. The predicted molar refractivity (Wildman–Crippen MR) is 99.9 cm³/mol. The van der Waals surface area contributed by atoms with Gasteiger partial charge in [0, 0.05) is 64.3 Å². The summed E-state index contributed by atoms with van der Waals surface area (Å²) in [7, 11) is 1.78. The highest BCUT2D eigenvalue weighted by molar-refractivity contribution is 5.90.